The summed E-state index contributed by atoms with van der Waals surface area (Å²) in [6, 6.07) is 16.6. The summed E-state index contributed by atoms with van der Waals surface area (Å²) in [5, 5.41) is 5.24. The Balaban J connectivity index is 1.66. The van der Waals surface area contributed by atoms with E-state index in [0.29, 0.717) is 16.9 Å². The van der Waals surface area contributed by atoms with Gasteiger partial charge < -0.3 is 10.6 Å². The minimum atomic E-state index is -0.491. The first-order chi connectivity index (χ1) is 15.3. The number of hydrogen-bond acceptors (Lipinski definition) is 4. The van der Waals surface area contributed by atoms with E-state index < -0.39 is 17.7 Å². The number of hydrogen-bond donors (Lipinski definition) is 2. The predicted molar refractivity (Wildman–Crippen MR) is 121 cm³/mol. The number of amides is 4. The number of fused-ring (bicyclic) bond motifs is 1. The summed E-state index contributed by atoms with van der Waals surface area (Å²) in [5.74, 6) is -1.72. The highest BCUT2D eigenvalue weighted by atomic mass is 16.2. The molecule has 3 aromatic rings. The molecule has 4 amide bonds. The lowest BCUT2D eigenvalue weighted by Gasteiger charge is -2.17. The SMILES string of the molecule is CNC(=O)c1ccccc1NC(=O)c1ccc2c(c1)C(=O)N(c1cc(C)ccc1C)C2=O. The zero-order valence-corrected chi connectivity index (χ0v) is 17.9. The number of imide groups is 1. The van der Waals surface area contributed by atoms with Crippen LogP contribution in [0.25, 0.3) is 0 Å². The number of anilines is 2. The van der Waals surface area contributed by atoms with Gasteiger partial charge in [-0.05, 0) is 61.4 Å². The van der Waals surface area contributed by atoms with Crippen molar-refractivity contribution in [3.63, 3.8) is 0 Å². The second-order valence-electron chi connectivity index (χ2n) is 7.57. The predicted octanol–water partition coefficient (Wildman–Crippen LogP) is 3.72. The molecule has 1 aliphatic heterocycles. The highest BCUT2D eigenvalue weighted by molar-refractivity contribution is 6.35. The number of benzene rings is 3. The molecular formula is C25H21N3O4. The van der Waals surface area contributed by atoms with Crippen LogP contribution in [0.4, 0.5) is 11.4 Å². The summed E-state index contributed by atoms with van der Waals surface area (Å²) >= 11 is 0. The average molecular weight is 427 g/mol. The van der Waals surface area contributed by atoms with E-state index in [-0.39, 0.29) is 22.6 Å². The van der Waals surface area contributed by atoms with Gasteiger partial charge in [-0.15, -0.1) is 0 Å². The maximum Gasteiger partial charge on any atom is 0.266 e. The quantitative estimate of drug-likeness (QED) is 0.621. The molecule has 0 spiro atoms. The molecule has 0 radical (unpaired) electrons. The van der Waals surface area contributed by atoms with Gasteiger partial charge in [-0.1, -0.05) is 24.3 Å². The molecule has 7 nitrogen and oxygen atoms in total. The standard InChI is InChI=1S/C25H21N3O4/c1-14-8-9-15(2)21(12-14)28-24(31)17-11-10-16(13-19(17)25(28)32)22(29)27-20-7-5-4-6-18(20)23(30)26-3/h4-13H,1-3H3,(H,26,30)(H,27,29). The van der Waals surface area contributed by atoms with Gasteiger partial charge in [0.05, 0.1) is 28.1 Å². The Kier molecular flexibility index (Phi) is 5.32. The molecule has 1 aliphatic rings. The maximum atomic E-state index is 13.1. The fourth-order valence-electron chi connectivity index (χ4n) is 3.68. The normalized spacial score (nSPS) is 12.5. The van der Waals surface area contributed by atoms with Crippen molar-refractivity contribution in [2.24, 2.45) is 0 Å². The summed E-state index contributed by atoms with van der Waals surface area (Å²) < 4.78 is 0. The molecule has 2 N–H and O–H groups in total. The molecule has 160 valence electrons. The summed E-state index contributed by atoms with van der Waals surface area (Å²) in [4.78, 5) is 52.1. The number of carbonyl (C=O) groups is 4. The Labute approximate surface area is 185 Å². The number of aryl methyl sites for hydroxylation is 2. The van der Waals surface area contributed by atoms with Gasteiger partial charge in [0.1, 0.15) is 0 Å². The van der Waals surface area contributed by atoms with Crippen LogP contribution in [0.15, 0.2) is 60.7 Å². The molecule has 7 heteroatoms. The van der Waals surface area contributed by atoms with Crippen molar-refractivity contribution in [2.75, 3.05) is 17.3 Å². The van der Waals surface area contributed by atoms with E-state index in [1.54, 1.807) is 30.3 Å². The summed E-state index contributed by atoms with van der Waals surface area (Å²) in [7, 11) is 1.51. The van der Waals surface area contributed by atoms with Crippen LogP contribution in [0.2, 0.25) is 0 Å². The largest absolute Gasteiger partial charge is 0.355 e. The first kappa shape index (κ1) is 21.0. The minimum absolute atomic E-state index is 0.170. The molecule has 4 rings (SSSR count). The van der Waals surface area contributed by atoms with Crippen LogP contribution in [0.5, 0.6) is 0 Å². The molecule has 0 unspecified atom stereocenters. The Morgan fingerprint density at radius 1 is 0.812 bits per heavy atom. The molecule has 0 atom stereocenters. The number of nitrogens with one attached hydrogen (secondary N) is 2. The summed E-state index contributed by atoms with van der Waals surface area (Å²) in [6.07, 6.45) is 0. The number of para-hydroxylation sites is 1. The minimum Gasteiger partial charge on any atom is -0.355 e. The molecule has 32 heavy (non-hydrogen) atoms. The van der Waals surface area contributed by atoms with Gasteiger partial charge in [0, 0.05) is 12.6 Å². The Morgan fingerprint density at radius 3 is 2.28 bits per heavy atom. The van der Waals surface area contributed by atoms with Gasteiger partial charge in [-0.3, -0.25) is 19.2 Å². The van der Waals surface area contributed by atoms with Crippen molar-refractivity contribution in [3.8, 4) is 0 Å². The Bertz CT molecular complexity index is 1300. The van der Waals surface area contributed by atoms with Crippen LogP contribution >= 0.6 is 0 Å². The molecule has 0 saturated carbocycles. The molecule has 0 saturated heterocycles. The van der Waals surface area contributed by atoms with E-state index in [1.807, 2.05) is 26.0 Å². The van der Waals surface area contributed by atoms with Gasteiger partial charge >= 0.3 is 0 Å². The van der Waals surface area contributed by atoms with Crippen molar-refractivity contribution >= 4 is 35.0 Å². The second-order valence-corrected chi connectivity index (χ2v) is 7.57. The summed E-state index contributed by atoms with van der Waals surface area (Å²) in [6.45, 7) is 3.72. The highest BCUT2D eigenvalue weighted by Crippen LogP contribution is 2.32. The second kappa shape index (κ2) is 8.11. The van der Waals surface area contributed by atoms with Crippen LogP contribution < -0.4 is 15.5 Å². The number of carbonyl (C=O) groups excluding carboxylic acids is 4. The molecule has 0 aliphatic carbocycles. The van der Waals surface area contributed by atoms with Crippen molar-refractivity contribution < 1.29 is 19.2 Å². The van der Waals surface area contributed by atoms with Crippen LogP contribution in [-0.2, 0) is 0 Å². The first-order valence-corrected chi connectivity index (χ1v) is 10.0. The van der Waals surface area contributed by atoms with Crippen LogP contribution in [0, 0.1) is 13.8 Å². The third kappa shape index (κ3) is 3.54. The van der Waals surface area contributed by atoms with Gasteiger partial charge in [0.15, 0.2) is 0 Å². The van der Waals surface area contributed by atoms with Crippen LogP contribution in [0.1, 0.15) is 52.6 Å². The molecule has 0 aromatic heterocycles. The van der Waals surface area contributed by atoms with Crippen LogP contribution in [0.3, 0.4) is 0 Å². The first-order valence-electron chi connectivity index (χ1n) is 10.0. The zero-order valence-electron chi connectivity index (χ0n) is 17.9. The van der Waals surface area contributed by atoms with Gasteiger partial charge in [0.2, 0.25) is 0 Å². The van der Waals surface area contributed by atoms with E-state index in [9.17, 15) is 19.2 Å². The lowest BCUT2D eigenvalue weighted by molar-refractivity contribution is 0.0922. The fourth-order valence-corrected chi connectivity index (χ4v) is 3.68. The molecule has 0 fully saturated rings. The molecule has 0 bridgehead atoms. The van der Waals surface area contributed by atoms with Gasteiger partial charge in [-0.25, -0.2) is 4.90 Å². The number of rotatable bonds is 4. The lowest BCUT2D eigenvalue weighted by atomic mass is 10.0. The van der Waals surface area contributed by atoms with E-state index in [2.05, 4.69) is 10.6 Å². The highest BCUT2D eigenvalue weighted by Gasteiger charge is 2.37. The topological polar surface area (TPSA) is 95.6 Å². The van der Waals surface area contributed by atoms with E-state index in [1.165, 1.54) is 25.2 Å². The Morgan fingerprint density at radius 2 is 1.53 bits per heavy atom. The molecule has 3 aromatic carbocycles. The van der Waals surface area contributed by atoms with Crippen molar-refractivity contribution in [1.29, 1.82) is 0 Å². The van der Waals surface area contributed by atoms with Gasteiger partial charge in [-0.2, -0.15) is 0 Å². The monoisotopic (exact) mass is 427 g/mol. The molecular weight excluding hydrogens is 406 g/mol. The third-order valence-electron chi connectivity index (χ3n) is 5.40. The average Bonchev–Trinajstić information content (AvgIpc) is 3.04. The van der Waals surface area contributed by atoms with Crippen molar-refractivity contribution in [1.82, 2.24) is 5.32 Å². The fraction of sp³-hybridized carbons (Fsp3) is 0.120. The van der Waals surface area contributed by atoms with Gasteiger partial charge in [0.25, 0.3) is 23.6 Å². The lowest BCUT2D eigenvalue weighted by Crippen LogP contribution is -2.30. The third-order valence-corrected chi connectivity index (χ3v) is 5.40. The smallest absolute Gasteiger partial charge is 0.266 e. The summed E-state index contributed by atoms with van der Waals surface area (Å²) in [5.41, 5.74) is 3.54. The zero-order chi connectivity index (χ0) is 23.0. The van der Waals surface area contributed by atoms with E-state index in [0.717, 1.165) is 16.0 Å². The van der Waals surface area contributed by atoms with Crippen molar-refractivity contribution in [2.45, 2.75) is 13.8 Å². The van der Waals surface area contributed by atoms with E-state index >= 15 is 0 Å². The van der Waals surface area contributed by atoms with Crippen LogP contribution in [-0.4, -0.2) is 30.7 Å². The maximum absolute atomic E-state index is 13.1. The van der Waals surface area contributed by atoms with Crippen molar-refractivity contribution in [3.05, 3.63) is 94.0 Å². The Hall–Kier alpha value is -4.26. The van der Waals surface area contributed by atoms with E-state index in [4.69, 9.17) is 0 Å². The number of nitrogens with zero attached hydrogens (tertiary/aromatic N) is 1. The molecule has 1 heterocycles.